The molecule has 2 rings (SSSR count). The highest BCUT2D eigenvalue weighted by molar-refractivity contribution is 9.10. The molecule has 21 heavy (non-hydrogen) atoms. The number of anilines is 1. The molecule has 3 N–H and O–H groups in total. The maximum atomic E-state index is 12.3. The Morgan fingerprint density at radius 2 is 1.90 bits per heavy atom. The van der Waals surface area contributed by atoms with Gasteiger partial charge in [0.1, 0.15) is 0 Å². The molecule has 0 radical (unpaired) electrons. The van der Waals surface area contributed by atoms with Crippen molar-refractivity contribution in [2.45, 2.75) is 26.3 Å². The van der Waals surface area contributed by atoms with Crippen LogP contribution in [0.15, 0.2) is 46.9 Å². The van der Waals surface area contributed by atoms with E-state index in [9.17, 15) is 4.79 Å². The molecule has 0 saturated carbocycles. The number of rotatable bonds is 4. The van der Waals surface area contributed by atoms with Crippen LogP contribution in [0.3, 0.4) is 0 Å². The average molecular weight is 347 g/mol. The summed E-state index contributed by atoms with van der Waals surface area (Å²) >= 11 is 3.42. The smallest absolute Gasteiger partial charge is 0.251 e. The van der Waals surface area contributed by atoms with Gasteiger partial charge in [0.15, 0.2) is 0 Å². The first kappa shape index (κ1) is 15.6. The number of halogens is 1. The molecule has 2 aromatic carbocycles. The summed E-state index contributed by atoms with van der Waals surface area (Å²) in [6, 6.07) is 13.6. The first-order valence-electron chi connectivity index (χ1n) is 6.87. The van der Waals surface area contributed by atoms with Crippen LogP contribution in [0.25, 0.3) is 0 Å². The van der Waals surface area contributed by atoms with Gasteiger partial charge in [-0.25, -0.2) is 0 Å². The molecule has 0 aromatic heterocycles. The molecule has 4 heteroatoms. The minimum absolute atomic E-state index is 0.0551. The Morgan fingerprint density at radius 1 is 1.24 bits per heavy atom. The molecular formula is C17H19BrN2O. The van der Waals surface area contributed by atoms with Crippen molar-refractivity contribution >= 4 is 27.5 Å². The van der Waals surface area contributed by atoms with Gasteiger partial charge < -0.3 is 11.1 Å². The molecule has 1 unspecified atom stereocenters. The van der Waals surface area contributed by atoms with Gasteiger partial charge in [-0.05, 0) is 55.7 Å². The van der Waals surface area contributed by atoms with E-state index in [4.69, 9.17) is 5.73 Å². The van der Waals surface area contributed by atoms with E-state index in [0.717, 1.165) is 16.5 Å². The van der Waals surface area contributed by atoms with Crippen molar-refractivity contribution in [1.29, 1.82) is 0 Å². The van der Waals surface area contributed by atoms with Crippen molar-refractivity contribution in [2.75, 3.05) is 5.73 Å². The number of nitrogens with one attached hydrogen (secondary N) is 1. The average Bonchev–Trinajstić information content (AvgIpc) is 2.44. The van der Waals surface area contributed by atoms with Gasteiger partial charge >= 0.3 is 0 Å². The molecule has 0 bridgehead atoms. The van der Waals surface area contributed by atoms with Crippen LogP contribution in [0.5, 0.6) is 0 Å². The lowest BCUT2D eigenvalue weighted by Crippen LogP contribution is -2.34. The Balaban J connectivity index is 2.02. The van der Waals surface area contributed by atoms with Gasteiger partial charge in [0, 0.05) is 21.8 Å². The zero-order valence-corrected chi connectivity index (χ0v) is 13.8. The van der Waals surface area contributed by atoms with Crippen LogP contribution in [-0.4, -0.2) is 11.9 Å². The zero-order chi connectivity index (χ0) is 15.4. The third-order valence-electron chi connectivity index (χ3n) is 3.45. The van der Waals surface area contributed by atoms with Gasteiger partial charge in [-0.2, -0.15) is 0 Å². The van der Waals surface area contributed by atoms with Crippen molar-refractivity contribution in [3.8, 4) is 0 Å². The van der Waals surface area contributed by atoms with Crippen LogP contribution in [-0.2, 0) is 6.42 Å². The minimum atomic E-state index is -0.0792. The lowest BCUT2D eigenvalue weighted by molar-refractivity contribution is 0.0939. The monoisotopic (exact) mass is 346 g/mol. The summed E-state index contributed by atoms with van der Waals surface area (Å²) < 4.78 is 1.05. The van der Waals surface area contributed by atoms with E-state index < -0.39 is 0 Å². The molecule has 2 aromatic rings. The molecular weight excluding hydrogens is 328 g/mol. The first-order chi connectivity index (χ1) is 9.97. The van der Waals surface area contributed by atoms with Crippen molar-refractivity contribution in [3.05, 3.63) is 63.6 Å². The summed E-state index contributed by atoms with van der Waals surface area (Å²) in [6.45, 7) is 3.87. The standard InChI is InChI=1S/C17H19BrN2O/c1-11(10-13-6-8-14(18)9-7-13)20-17(21)15-4-3-5-16(19)12(15)2/h3-9,11H,10,19H2,1-2H3,(H,20,21). The highest BCUT2D eigenvalue weighted by Gasteiger charge is 2.13. The van der Waals surface area contributed by atoms with Crippen LogP contribution in [0, 0.1) is 6.92 Å². The highest BCUT2D eigenvalue weighted by Crippen LogP contribution is 2.16. The van der Waals surface area contributed by atoms with E-state index in [1.54, 1.807) is 18.2 Å². The molecule has 3 nitrogen and oxygen atoms in total. The number of benzene rings is 2. The number of amides is 1. The van der Waals surface area contributed by atoms with Gasteiger partial charge in [0.05, 0.1) is 0 Å². The fraction of sp³-hybridized carbons (Fsp3) is 0.235. The molecule has 0 aliphatic heterocycles. The first-order valence-corrected chi connectivity index (χ1v) is 7.67. The molecule has 1 atom stereocenters. The molecule has 0 saturated heterocycles. The second-order valence-electron chi connectivity index (χ2n) is 5.22. The second kappa shape index (κ2) is 6.76. The fourth-order valence-corrected chi connectivity index (χ4v) is 2.49. The van der Waals surface area contributed by atoms with Gasteiger partial charge in [0.25, 0.3) is 5.91 Å². The number of hydrogen-bond acceptors (Lipinski definition) is 2. The second-order valence-corrected chi connectivity index (χ2v) is 6.14. The van der Waals surface area contributed by atoms with Crippen LogP contribution >= 0.6 is 15.9 Å². The van der Waals surface area contributed by atoms with E-state index in [1.165, 1.54) is 5.56 Å². The Labute approximate surface area is 133 Å². The van der Waals surface area contributed by atoms with Crippen LogP contribution in [0.2, 0.25) is 0 Å². The van der Waals surface area contributed by atoms with E-state index in [2.05, 4.69) is 33.4 Å². The number of hydrogen-bond donors (Lipinski definition) is 2. The van der Waals surface area contributed by atoms with Crippen molar-refractivity contribution in [1.82, 2.24) is 5.32 Å². The topological polar surface area (TPSA) is 55.1 Å². The van der Waals surface area contributed by atoms with Gasteiger partial charge in [-0.1, -0.05) is 34.1 Å². The lowest BCUT2D eigenvalue weighted by atomic mass is 10.0. The van der Waals surface area contributed by atoms with Crippen molar-refractivity contribution in [3.63, 3.8) is 0 Å². The largest absolute Gasteiger partial charge is 0.398 e. The summed E-state index contributed by atoms with van der Waals surface area (Å²) in [7, 11) is 0. The quantitative estimate of drug-likeness (QED) is 0.829. The molecule has 0 aliphatic carbocycles. The maximum absolute atomic E-state index is 12.3. The van der Waals surface area contributed by atoms with Crippen LogP contribution in [0.4, 0.5) is 5.69 Å². The third-order valence-corrected chi connectivity index (χ3v) is 3.98. The fourth-order valence-electron chi connectivity index (χ4n) is 2.23. The molecule has 110 valence electrons. The number of nitrogens with two attached hydrogens (primary N) is 1. The molecule has 0 aliphatic rings. The van der Waals surface area contributed by atoms with E-state index >= 15 is 0 Å². The molecule has 1 amide bonds. The van der Waals surface area contributed by atoms with E-state index in [1.807, 2.05) is 26.0 Å². The van der Waals surface area contributed by atoms with Crippen LogP contribution in [0.1, 0.15) is 28.4 Å². The lowest BCUT2D eigenvalue weighted by Gasteiger charge is -2.15. The summed E-state index contributed by atoms with van der Waals surface area (Å²) in [4.78, 5) is 12.3. The number of carbonyl (C=O) groups is 1. The molecule has 0 fully saturated rings. The van der Waals surface area contributed by atoms with Gasteiger partial charge in [0.2, 0.25) is 0 Å². The summed E-state index contributed by atoms with van der Waals surface area (Å²) in [6.07, 6.45) is 0.792. The summed E-state index contributed by atoms with van der Waals surface area (Å²) in [5, 5.41) is 3.02. The van der Waals surface area contributed by atoms with E-state index in [0.29, 0.717) is 11.3 Å². The Bertz CT molecular complexity index is 638. The number of nitrogen functional groups attached to an aromatic ring is 1. The molecule has 0 heterocycles. The Kier molecular flexibility index (Phi) is 5.02. The van der Waals surface area contributed by atoms with E-state index in [-0.39, 0.29) is 11.9 Å². The van der Waals surface area contributed by atoms with Crippen molar-refractivity contribution < 1.29 is 4.79 Å². The minimum Gasteiger partial charge on any atom is -0.398 e. The van der Waals surface area contributed by atoms with Crippen LogP contribution < -0.4 is 11.1 Å². The summed E-state index contributed by atoms with van der Waals surface area (Å²) in [5.41, 5.74) is 9.14. The molecule has 0 spiro atoms. The van der Waals surface area contributed by atoms with Gasteiger partial charge in [-0.15, -0.1) is 0 Å². The Hall–Kier alpha value is -1.81. The predicted octanol–water partition coefficient (Wildman–Crippen LogP) is 3.70. The zero-order valence-electron chi connectivity index (χ0n) is 12.2. The normalized spacial score (nSPS) is 12.0. The Morgan fingerprint density at radius 3 is 2.57 bits per heavy atom. The summed E-state index contributed by atoms with van der Waals surface area (Å²) in [5.74, 6) is -0.0792. The highest BCUT2D eigenvalue weighted by atomic mass is 79.9. The predicted molar refractivity (Wildman–Crippen MR) is 90.4 cm³/mol. The third kappa shape index (κ3) is 4.08. The SMILES string of the molecule is Cc1c(N)cccc1C(=O)NC(C)Cc1ccc(Br)cc1. The number of carbonyl (C=O) groups excluding carboxylic acids is 1. The van der Waals surface area contributed by atoms with Gasteiger partial charge in [-0.3, -0.25) is 4.79 Å². The van der Waals surface area contributed by atoms with Crippen molar-refractivity contribution in [2.24, 2.45) is 0 Å². The maximum Gasteiger partial charge on any atom is 0.251 e.